The van der Waals surface area contributed by atoms with Crippen molar-refractivity contribution in [1.29, 1.82) is 5.26 Å². The summed E-state index contributed by atoms with van der Waals surface area (Å²) in [6.45, 7) is 2.25. The fraction of sp³-hybridized carbons (Fsp3) is 0.333. The van der Waals surface area contributed by atoms with Gasteiger partial charge in [-0.1, -0.05) is 6.92 Å². The van der Waals surface area contributed by atoms with Crippen LogP contribution in [-0.4, -0.2) is 19.3 Å². The summed E-state index contributed by atoms with van der Waals surface area (Å²) in [7, 11) is 1.80. The second-order valence-corrected chi connectivity index (χ2v) is 4.17. The van der Waals surface area contributed by atoms with E-state index < -0.39 is 11.2 Å². The smallest absolute Gasteiger partial charge is 0.295 e. The number of rotatable bonds is 3. The lowest BCUT2D eigenvalue weighted by atomic mass is 10.2. The summed E-state index contributed by atoms with van der Waals surface area (Å²) < 4.78 is 2.98. The maximum atomic E-state index is 11.7. The van der Waals surface area contributed by atoms with E-state index in [1.165, 1.54) is 10.8 Å². The molecule has 0 fully saturated rings. The van der Waals surface area contributed by atoms with Crippen LogP contribution in [0.25, 0.3) is 0 Å². The average Bonchev–Trinajstić information content (AvgIpc) is 2.73. The van der Waals surface area contributed by atoms with Crippen LogP contribution in [0.5, 0.6) is 0 Å². The lowest BCUT2D eigenvalue weighted by Crippen LogP contribution is -2.31. The highest BCUT2D eigenvalue weighted by Gasteiger charge is 2.09. The van der Waals surface area contributed by atoms with E-state index >= 15 is 0 Å². The first kappa shape index (κ1) is 12.8. The van der Waals surface area contributed by atoms with Crippen molar-refractivity contribution in [2.45, 2.75) is 19.9 Å². The molecule has 0 spiro atoms. The molecular formula is C12H13N5O2. The molecule has 2 heterocycles. The molecule has 0 unspecified atom stereocenters. The zero-order valence-corrected chi connectivity index (χ0v) is 10.7. The Bertz CT molecular complexity index is 760. The third-order valence-corrected chi connectivity index (χ3v) is 2.80. The lowest BCUT2D eigenvalue weighted by Gasteiger charge is -2.04. The first-order valence-electron chi connectivity index (χ1n) is 5.80. The van der Waals surface area contributed by atoms with Crippen LogP contribution >= 0.6 is 0 Å². The standard InChI is InChI=1S/C12H13N5O2/c1-3-10-9(5-16(2)15-10)7-17-6-8(4-13)11(18)14-12(17)19/h5-6H,3,7H2,1-2H3,(H,14,18,19). The van der Waals surface area contributed by atoms with Crippen LogP contribution in [0.15, 0.2) is 22.0 Å². The zero-order valence-electron chi connectivity index (χ0n) is 10.7. The highest BCUT2D eigenvalue weighted by molar-refractivity contribution is 5.23. The van der Waals surface area contributed by atoms with Crippen molar-refractivity contribution in [2.24, 2.45) is 7.05 Å². The van der Waals surface area contributed by atoms with E-state index in [1.807, 2.05) is 13.1 Å². The van der Waals surface area contributed by atoms with E-state index in [9.17, 15) is 9.59 Å². The van der Waals surface area contributed by atoms with Gasteiger partial charge < -0.3 is 0 Å². The van der Waals surface area contributed by atoms with Crippen LogP contribution in [0.3, 0.4) is 0 Å². The van der Waals surface area contributed by atoms with Crippen LogP contribution in [0.1, 0.15) is 23.7 Å². The third kappa shape index (κ3) is 2.47. The summed E-state index contributed by atoms with van der Waals surface area (Å²) in [5.74, 6) is 0. The van der Waals surface area contributed by atoms with Gasteiger partial charge in [0.1, 0.15) is 11.6 Å². The molecule has 0 aliphatic carbocycles. The number of nitrogens with one attached hydrogen (secondary N) is 1. The SMILES string of the molecule is CCc1nn(C)cc1Cn1cc(C#N)c(=O)[nH]c1=O. The molecule has 0 amide bonds. The van der Waals surface area contributed by atoms with Crippen LogP contribution in [-0.2, 0) is 20.0 Å². The Hall–Kier alpha value is -2.62. The number of aryl methyl sites for hydroxylation is 2. The van der Waals surface area contributed by atoms with Gasteiger partial charge in [-0.3, -0.25) is 19.0 Å². The minimum atomic E-state index is -0.661. The van der Waals surface area contributed by atoms with Gasteiger partial charge in [0.2, 0.25) is 0 Å². The fourth-order valence-corrected chi connectivity index (χ4v) is 1.90. The van der Waals surface area contributed by atoms with Crippen molar-refractivity contribution in [3.63, 3.8) is 0 Å². The second kappa shape index (κ2) is 4.94. The van der Waals surface area contributed by atoms with Crippen molar-refractivity contribution in [2.75, 3.05) is 0 Å². The molecule has 2 aromatic rings. The van der Waals surface area contributed by atoms with Crippen molar-refractivity contribution in [1.82, 2.24) is 19.3 Å². The van der Waals surface area contributed by atoms with Gasteiger partial charge in [0.05, 0.1) is 12.2 Å². The van der Waals surface area contributed by atoms with Crippen molar-refractivity contribution in [3.8, 4) is 6.07 Å². The van der Waals surface area contributed by atoms with Gasteiger partial charge in [0.15, 0.2) is 0 Å². The van der Waals surface area contributed by atoms with E-state index in [4.69, 9.17) is 5.26 Å². The molecule has 0 aliphatic heterocycles. The van der Waals surface area contributed by atoms with Gasteiger partial charge >= 0.3 is 5.69 Å². The predicted octanol–water partition coefficient (Wildman–Crippen LogP) is -0.248. The zero-order chi connectivity index (χ0) is 14.0. The predicted molar refractivity (Wildman–Crippen MR) is 67.7 cm³/mol. The van der Waals surface area contributed by atoms with E-state index in [1.54, 1.807) is 17.8 Å². The Balaban J connectivity index is 2.47. The van der Waals surface area contributed by atoms with Crippen molar-refractivity contribution >= 4 is 0 Å². The number of hydrogen-bond acceptors (Lipinski definition) is 4. The minimum absolute atomic E-state index is 0.0819. The normalized spacial score (nSPS) is 10.4. The summed E-state index contributed by atoms with van der Waals surface area (Å²) >= 11 is 0. The first-order valence-corrected chi connectivity index (χ1v) is 5.80. The molecule has 7 heteroatoms. The maximum Gasteiger partial charge on any atom is 0.328 e. The lowest BCUT2D eigenvalue weighted by molar-refractivity contribution is 0.711. The summed E-state index contributed by atoms with van der Waals surface area (Å²) in [6, 6.07) is 1.76. The molecule has 1 N–H and O–H groups in total. The molecule has 0 aliphatic rings. The molecule has 0 bridgehead atoms. The van der Waals surface area contributed by atoms with E-state index in [0.717, 1.165) is 17.7 Å². The Morgan fingerprint density at radius 3 is 2.79 bits per heavy atom. The quantitative estimate of drug-likeness (QED) is 0.822. The molecule has 7 nitrogen and oxygen atoms in total. The molecule has 0 saturated carbocycles. The van der Waals surface area contributed by atoms with E-state index in [0.29, 0.717) is 0 Å². The number of nitriles is 1. The average molecular weight is 259 g/mol. The van der Waals surface area contributed by atoms with Gasteiger partial charge in [-0.25, -0.2) is 4.79 Å². The highest BCUT2D eigenvalue weighted by atomic mass is 16.2. The number of H-pyrrole nitrogens is 1. The Morgan fingerprint density at radius 1 is 1.42 bits per heavy atom. The molecule has 98 valence electrons. The molecular weight excluding hydrogens is 246 g/mol. The van der Waals surface area contributed by atoms with Crippen LogP contribution in [0.2, 0.25) is 0 Å². The highest BCUT2D eigenvalue weighted by Crippen LogP contribution is 2.08. The second-order valence-electron chi connectivity index (χ2n) is 4.17. The Labute approximate surface area is 108 Å². The van der Waals surface area contributed by atoms with Gasteiger partial charge in [0, 0.05) is 25.0 Å². The fourth-order valence-electron chi connectivity index (χ4n) is 1.90. The topological polar surface area (TPSA) is 96.5 Å². The molecule has 0 radical (unpaired) electrons. The number of hydrogen-bond donors (Lipinski definition) is 1. The molecule has 0 saturated heterocycles. The van der Waals surface area contributed by atoms with Crippen LogP contribution < -0.4 is 11.2 Å². The summed E-state index contributed by atoms with van der Waals surface area (Å²) in [5, 5.41) is 13.1. The number of aromatic amines is 1. The molecule has 0 atom stereocenters. The Kier molecular flexibility index (Phi) is 3.33. The van der Waals surface area contributed by atoms with Crippen LogP contribution in [0.4, 0.5) is 0 Å². The summed E-state index contributed by atoms with van der Waals surface area (Å²) in [5.41, 5.74) is 0.504. The van der Waals surface area contributed by atoms with Gasteiger partial charge in [-0.05, 0) is 6.42 Å². The van der Waals surface area contributed by atoms with Crippen molar-refractivity contribution < 1.29 is 0 Å². The monoisotopic (exact) mass is 259 g/mol. The molecule has 0 aromatic carbocycles. The van der Waals surface area contributed by atoms with Gasteiger partial charge in [-0.15, -0.1) is 0 Å². The first-order chi connectivity index (χ1) is 9.05. The molecule has 2 rings (SSSR count). The van der Waals surface area contributed by atoms with E-state index in [-0.39, 0.29) is 12.1 Å². The molecule has 19 heavy (non-hydrogen) atoms. The number of aromatic nitrogens is 4. The maximum absolute atomic E-state index is 11.7. The van der Waals surface area contributed by atoms with Gasteiger partial charge in [-0.2, -0.15) is 10.4 Å². The van der Waals surface area contributed by atoms with Crippen molar-refractivity contribution in [3.05, 3.63) is 50.1 Å². The third-order valence-electron chi connectivity index (χ3n) is 2.80. The molecule has 2 aromatic heterocycles. The number of nitrogens with zero attached hydrogens (tertiary/aromatic N) is 4. The van der Waals surface area contributed by atoms with Crippen LogP contribution in [0, 0.1) is 11.3 Å². The summed E-state index contributed by atoms with van der Waals surface area (Å²) in [6.07, 6.45) is 3.84. The minimum Gasteiger partial charge on any atom is -0.295 e. The summed E-state index contributed by atoms with van der Waals surface area (Å²) in [4.78, 5) is 25.1. The largest absolute Gasteiger partial charge is 0.328 e. The van der Waals surface area contributed by atoms with Gasteiger partial charge in [0.25, 0.3) is 5.56 Å². The Morgan fingerprint density at radius 2 is 2.16 bits per heavy atom. The van der Waals surface area contributed by atoms with E-state index in [2.05, 4.69) is 10.1 Å².